The molecule has 0 aromatic heterocycles. The van der Waals surface area contributed by atoms with E-state index in [9.17, 15) is 17.6 Å². The van der Waals surface area contributed by atoms with E-state index in [1.54, 1.807) is 0 Å². The number of hydrogen-bond donors (Lipinski definition) is 2. The number of nitrogens with one attached hydrogen (secondary N) is 2. The topological polar surface area (TPSA) is 70.9 Å². The van der Waals surface area contributed by atoms with Gasteiger partial charge in [-0.15, -0.1) is 0 Å². The number of quaternary nitrogens is 1. The molecule has 3 rings (SSSR count). The molecule has 144 valence electrons. The van der Waals surface area contributed by atoms with Crippen molar-refractivity contribution in [2.24, 2.45) is 0 Å². The summed E-state index contributed by atoms with van der Waals surface area (Å²) in [6, 6.07) is 5.51. The maximum Gasteiger partial charge on any atom is 0.278 e. The first-order chi connectivity index (χ1) is 12.4. The highest BCUT2D eigenvalue weighted by atomic mass is 32.2. The average Bonchev–Trinajstić information content (AvgIpc) is 3.14. The molecule has 6 nitrogen and oxygen atoms in total. The van der Waals surface area contributed by atoms with Gasteiger partial charge in [0.2, 0.25) is 10.0 Å². The molecule has 1 aliphatic carbocycles. The first-order valence-electron chi connectivity index (χ1n) is 9.29. The van der Waals surface area contributed by atoms with Gasteiger partial charge >= 0.3 is 0 Å². The summed E-state index contributed by atoms with van der Waals surface area (Å²) >= 11 is 0. The average molecular weight is 384 g/mol. The van der Waals surface area contributed by atoms with Crippen LogP contribution in [0.4, 0.5) is 4.39 Å². The van der Waals surface area contributed by atoms with E-state index in [0.717, 1.165) is 23.8 Å². The van der Waals surface area contributed by atoms with Gasteiger partial charge in [-0.2, -0.15) is 4.31 Å². The van der Waals surface area contributed by atoms with E-state index in [2.05, 4.69) is 5.32 Å². The van der Waals surface area contributed by atoms with Gasteiger partial charge in [0, 0.05) is 6.04 Å². The molecule has 1 heterocycles. The zero-order valence-corrected chi connectivity index (χ0v) is 15.9. The number of rotatable bonds is 5. The highest BCUT2D eigenvalue weighted by Crippen LogP contribution is 2.19. The lowest BCUT2D eigenvalue weighted by Gasteiger charge is -2.34. The van der Waals surface area contributed by atoms with Crippen molar-refractivity contribution in [3.63, 3.8) is 0 Å². The van der Waals surface area contributed by atoms with Gasteiger partial charge in [-0.1, -0.05) is 25.0 Å². The Kier molecular flexibility index (Phi) is 5.94. The van der Waals surface area contributed by atoms with Crippen molar-refractivity contribution in [1.29, 1.82) is 0 Å². The van der Waals surface area contributed by atoms with E-state index in [-0.39, 0.29) is 36.0 Å². The minimum absolute atomic E-state index is 0.0392. The van der Waals surface area contributed by atoms with Crippen LogP contribution in [0.2, 0.25) is 0 Å². The van der Waals surface area contributed by atoms with E-state index >= 15 is 0 Å². The third kappa shape index (κ3) is 4.07. The van der Waals surface area contributed by atoms with Gasteiger partial charge in [0.1, 0.15) is 10.7 Å². The van der Waals surface area contributed by atoms with E-state index < -0.39 is 15.8 Å². The van der Waals surface area contributed by atoms with Crippen LogP contribution in [0, 0.1) is 5.82 Å². The Bertz CT molecular complexity index is 742. The van der Waals surface area contributed by atoms with Crippen LogP contribution in [-0.2, 0) is 14.8 Å². The molecule has 0 radical (unpaired) electrons. The molecule has 0 unspecified atom stereocenters. The minimum atomic E-state index is -3.84. The molecule has 8 heteroatoms. The van der Waals surface area contributed by atoms with E-state index in [4.69, 9.17) is 0 Å². The third-order valence-corrected chi connectivity index (χ3v) is 7.46. The van der Waals surface area contributed by atoms with Gasteiger partial charge < -0.3 is 10.2 Å². The summed E-state index contributed by atoms with van der Waals surface area (Å²) in [7, 11) is -3.84. The monoisotopic (exact) mass is 384 g/mol. The predicted molar refractivity (Wildman–Crippen MR) is 95.7 cm³/mol. The second-order valence-electron chi connectivity index (χ2n) is 7.20. The minimum Gasteiger partial charge on any atom is -0.348 e. The van der Waals surface area contributed by atoms with Crippen molar-refractivity contribution < 1.29 is 22.5 Å². The SMILES string of the molecule is C[C@@H](C(=O)NC1CCCC1)[NH+]1CCN(S(=O)(=O)c2ccccc2F)CC1. The van der Waals surface area contributed by atoms with Gasteiger partial charge in [-0.25, -0.2) is 12.8 Å². The van der Waals surface area contributed by atoms with Crippen molar-refractivity contribution in [2.75, 3.05) is 26.2 Å². The lowest BCUT2D eigenvalue weighted by molar-refractivity contribution is -0.917. The maximum absolute atomic E-state index is 13.9. The largest absolute Gasteiger partial charge is 0.348 e. The predicted octanol–water partition coefficient (Wildman–Crippen LogP) is 0.162. The van der Waals surface area contributed by atoms with E-state index in [0.29, 0.717) is 13.1 Å². The highest BCUT2D eigenvalue weighted by molar-refractivity contribution is 7.89. The van der Waals surface area contributed by atoms with Crippen LogP contribution in [0.15, 0.2) is 29.2 Å². The number of carbonyl (C=O) groups excluding carboxylic acids is 1. The number of nitrogens with zero attached hydrogens (tertiary/aromatic N) is 1. The molecular weight excluding hydrogens is 357 g/mol. The van der Waals surface area contributed by atoms with Gasteiger partial charge in [0.05, 0.1) is 26.2 Å². The number of piperazine rings is 1. The second-order valence-corrected chi connectivity index (χ2v) is 9.11. The molecule has 1 aromatic rings. The highest BCUT2D eigenvalue weighted by Gasteiger charge is 2.36. The first-order valence-corrected chi connectivity index (χ1v) is 10.7. The van der Waals surface area contributed by atoms with Crippen LogP contribution in [0.3, 0.4) is 0 Å². The molecular formula is C18H27FN3O3S+. The standard InChI is InChI=1S/C18H26FN3O3S/c1-14(18(23)20-15-6-2-3-7-15)21-10-12-22(13-11-21)26(24,25)17-9-5-4-8-16(17)19/h4-5,8-9,14-15H,2-3,6-7,10-13H2,1H3,(H,20,23)/p+1/t14-/m0/s1. The number of halogens is 1. The lowest BCUT2D eigenvalue weighted by Crippen LogP contribution is -3.19. The summed E-state index contributed by atoms with van der Waals surface area (Å²) < 4.78 is 40.5. The Balaban J connectivity index is 1.58. The lowest BCUT2D eigenvalue weighted by atomic mass is 10.2. The molecule has 2 fully saturated rings. The first kappa shape index (κ1) is 19.3. The van der Waals surface area contributed by atoms with Crippen molar-refractivity contribution in [1.82, 2.24) is 9.62 Å². The van der Waals surface area contributed by atoms with Gasteiger partial charge in [-0.3, -0.25) is 4.79 Å². The quantitative estimate of drug-likeness (QED) is 0.760. The van der Waals surface area contributed by atoms with Crippen LogP contribution in [0.5, 0.6) is 0 Å². The van der Waals surface area contributed by atoms with E-state index in [1.165, 1.54) is 35.3 Å². The third-order valence-electron chi connectivity index (χ3n) is 5.53. The molecule has 2 N–H and O–H groups in total. The molecule has 1 atom stereocenters. The van der Waals surface area contributed by atoms with Crippen molar-refractivity contribution in [3.05, 3.63) is 30.1 Å². The summed E-state index contributed by atoms with van der Waals surface area (Å²) in [5.41, 5.74) is 0. The van der Waals surface area contributed by atoms with Crippen LogP contribution in [0.1, 0.15) is 32.6 Å². The fraction of sp³-hybridized carbons (Fsp3) is 0.611. The summed E-state index contributed by atoms with van der Waals surface area (Å²) in [5, 5.41) is 3.11. The zero-order valence-electron chi connectivity index (χ0n) is 15.1. The van der Waals surface area contributed by atoms with Crippen LogP contribution in [0.25, 0.3) is 0 Å². The smallest absolute Gasteiger partial charge is 0.278 e. The van der Waals surface area contributed by atoms with Gasteiger partial charge in [0.15, 0.2) is 6.04 Å². The molecule has 1 aliphatic heterocycles. The Morgan fingerprint density at radius 2 is 1.85 bits per heavy atom. The molecule has 1 saturated carbocycles. The number of hydrogen-bond acceptors (Lipinski definition) is 3. The Morgan fingerprint density at radius 3 is 2.46 bits per heavy atom. The number of amides is 1. The molecule has 1 aromatic carbocycles. The second kappa shape index (κ2) is 8.02. The summed E-state index contributed by atoms with van der Waals surface area (Å²) in [6.45, 7) is 3.53. The fourth-order valence-electron chi connectivity index (χ4n) is 3.82. The number of benzene rings is 1. The molecule has 0 spiro atoms. The van der Waals surface area contributed by atoms with Crippen LogP contribution >= 0.6 is 0 Å². The van der Waals surface area contributed by atoms with Crippen molar-refractivity contribution >= 4 is 15.9 Å². The Morgan fingerprint density at radius 1 is 1.23 bits per heavy atom. The van der Waals surface area contributed by atoms with Crippen molar-refractivity contribution in [2.45, 2.75) is 49.6 Å². The number of sulfonamides is 1. The Labute approximate surface area is 154 Å². The molecule has 2 aliphatic rings. The maximum atomic E-state index is 13.9. The summed E-state index contributed by atoms with van der Waals surface area (Å²) in [5.74, 6) is -0.691. The summed E-state index contributed by atoms with van der Waals surface area (Å²) in [4.78, 5) is 13.2. The normalized spacial score (nSPS) is 21.6. The van der Waals surface area contributed by atoms with E-state index in [1.807, 2.05) is 6.92 Å². The number of carbonyl (C=O) groups is 1. The van der Waals surface area contributed by atoms with Gasteiger partial charge in [-0.05, 0) is 31.9 Å². The Hall–Kier alpha value is -1.51. The zero-order chi connectivity index (χ0) is 18.7. The summed E-state index contributed by atoms with van der Waals surface area (Å²) in [6.07, 6.45) is 4.42. The molecule has 1 saturated heterocycles. The van der Waals surface area contributed by atoms with Crippen molar-refractivity contribution in [3.8, 4) is 0 Å². The van der Waals surface area contributed by atoms with Crippen LogP contribution < -0.4 is 10.2 Å². The molecule has 26 heavy (non-hydrogen) atoms. The molecule has 0 bridgehead atoms. The van der Waals surface area contributed by atoms with Crippen LogP contribution in [-0.4, -0.2) is 56.9 Å². The molecule has 1 amide bonds. The van der Waals surface area contributed by atoms with Gasteiger partial charge in [0.25, 0.3) is 5.91 Å². The fourth-order valence-corrected chi connectivity index (χ4v) is 5.33.